The number of benzene rings is 2. The number of nitrogens with zero attached hydrogens (tertiary/aromatic N) is 2. The van der Waals surface area contributed by atoms with Crippen LogP contribution in [0.25, 0.3) is 0 Å². The maximum absolute atomic E-state index is 13.4. The molecule has 188 valence electrons. The molecule has 3 atom stereocenters. The van der Waals surface area contributed by atoms with E-state index in [-0.39, 0.29) is 24.5 Å². The van der Waals surface area contributed by atoms with Crippen LogP contribution in [0.3, 0.4) is 0 Å². The second-order valence-electron chi connectivity index (χ2n) is 9.44. The van der Waals surface area contributed by atoms with Crippen molar-refractivity contribution in [3.63, 3.8) is 0 Å². The van der Waals surface area contributed by atoms with Gasteiger partial charge in [0, 0.05) is 44.2 Å². The van der Waals surface area contributed by atoms with Crippen molar-refractivity contribution in [2.24, 2.45) is 5.92 Å². The van der Waals surface area contributed by atoms with E-state index in [1.165, 1.54) is 6.07 Å². The molecule has 0 aliphatic carbocycles. The number of carbonyl (C=O) groups is 1. The van der Waals surface area contributed by atoms with Gasteiger partial charge in [-0.3, -0.25) is 4.79 Å². The van der Waals surface area contributed by atoms with Crippen molar-refractivity contribution in [3.05, 3.63) is 53.6 Å². The number of piperazine rings is 1. The fourth-order valence-corrected chi connectivity index (χ4v) is 5.48. The van der Waals surface area contributed by atoms with E-state index in [0.717, 1.165) is 36.0 Å². The lowest BCUT2D eigenvalue weighted by Crippen LogP contribution is -2.61. The molecular formula is C26H30F3N3O3. The van der Waals surface area contributed by atoms with Crippen LogP contribution in [0.15, 0.2) is 42.5 Å². The van der Waals surface area contributed by atoms with Gasteiger partial charge in [-0.1, -0.05) is 0 Å². The molecule has 1 N–H and O–H groups in total. The Morgan fingerprint density at radius 3 is 2.66 bits per heavy atom. The average molecular weight is 490 g/mol. The molecule has 3 aliphatic rings. The van der Waals surface area contributed by atoms with Gasteiger partial charge >= 0.3 is 6.18 Å². The molecule has 3 aliphatic heterocycles. The topological polar surface area (TPSA) is 54.0 Å². The first-order chi connectivity index (χ1) is 16.8. The number of methoxy groups -OCH3 is 1. The Kier molecular flexibility index (Phi) is 6.53. The molecule has 1 amide bonds. The van der Waals surface area contributed by atoms with Gasteiger partial charge in [0.05, 0.1) is 30.7 Å². The van der Waals surface area contributed by atoms with Crippen molar-refractivity contribution in [3.8, 4) is 5.75 Å². The molecule has 2 saturated heterocycles. The highest BCUT2D eigenvalue weighted by Gasteiger charge is 2.43. The largest absolute Gasteiger partial charge is 0.497 e. The quantitative estimate of drug-likeness (QED) is 0.691. The number of carbonyl (C=O) groups excluding carboxylic acids is 1. The first-order valence-corrected chi connectivity index (χ1v) is 12.1. The summed E-state index contributed by atoms with van der Waals surface area (Å²) in [5.74, 6) is 0.175. The smallest absolute Gasteiger partial charge is 0.416 e. The minimum absolute atomic E-state index is 0.00455. The maximum atomic E-state index is 13.4. The minimum Gasteiger partial charge on any atom is -0.497 e. The summed E-state index contributed by atoms with van der Waals surface area (Å²) in [7, 11) is 1.62. The van der Waals surface area contributed by atoms with Crippen LogP contribution in [0, 0.1) is 5.92 Å². The van der Waals surface area contributed by atoms with Crippen LogP contribution in [0.4, 0.5) is 24.5 Å². The Morgan fingerprint density at radius 1 is 1.17 bits per heavy atom. The van der Waals surface area contributed by atoms with Crippen LogP contribution in [-0.2, 0) is 22.1 Å². The van der Waals surface area contributed by atoms with E-state index < -0.39 is 17.7 Å². The molecule has 0 aromatic heterocycles. The Hall–Kier alpha value is -2.94. The number of rotatable bonds is 5. The van der Waals surface area contributed by atoms with Crippen LogP contribution < -0.4 is 19.9 Å². The molecule has 9 heteroatoms. The second kappa shape index (κ2) is 9.60. The number of ether oxygens (including phenoxy) is 2. The molecule has 2 aromatic carbocycles. The Morgan fingerprint density at radius 2 is 1.97 bits per heavy atom. The van der Waals surface area contributed by atoms with Gasteiger partial charge in [-0.25, -0.2) is 0 Å². The zero-order valence-electron chi connectivity index (χ0n) is 19.7. The Balaban J connectivity index is 1.41. The number of nitrogens with one attached hydrogen (secondary N) is 1. The summed E-state index contributed by atoms with van der Waals surface area (Å²) in [6, 6.07) is 11.6. The second-order valence-corrected chi connectivity index (χ2v) is 9.44. The third kappa shape index (κ3) is 4.91. The van der Waals surface area contributed by atoms with Crippen molar-refractivity contribution in [1.82, 2.24) is 5.32 Å². The summed E-state index contributed by atoms with van der Waals surface area (Å²) in [6.45, 7) is 3.05. The lowest BCUT2D eigenvalue weighted by Gasteiger charge is -2.49. The van der Waals surface area contributed by atoms with Gasteiger partial charge in [-0.2, -0.15) is 13.2 Å². The summed E-state index contributed by atoms with van der Waals surface area (Å²) in [4.78, 5) is 17.7. The van der Waals surface area contributed by atoms with Crippen molar-refractivity contribution in [1.29, 1.82) is 0 Å². The number of anilines is 2. The normalized spacial score (nSPS) is 24.1. The van der Waals surface area contributed by atoms with Crippen LogP contribution in [0.2, 0.25) is 0 Å². The lowest BCUT2D eigenvalue weighted by atomic mass is 9.82. The number of hydrogen-bond donors (Lipinski definition) is 1. The molecule has 0 unspecified atom stereocenters. The van der Waals surface area contributed by atoms with Gasteiger partial charge in [-0.05, 0) is 67.3 Å². The molecular weight excluding hydrogens is 459 g/mol. The number of alkyl halides is 3. The van der Waals surface area contributed by atoms with Gasteiger partial charge in [0.25, 0.3) is 0 Å². The summed E-state index contributed by atoms with van der Waals surface area (Å²) in [5, 5.41) is 3.02. The number of halogens is 3. The zero-order valence-corrected chi connectivity index (χ0v) is 19.7. The van der Waals surface area contributed by atoms with E-state index in [4.69, 9.17) is 9.47 Å². The van der Waals surface area contributed by atoms with E-state index in [9.17, 15) is 18.0 Å². The Labute approximate surface area is 203 Å². The van der Waals surface area contributed by atoms with Crippen molar-refractivity contribution >= 4 is 17.3 Å². The molecule has 0 spiro atoms. The number of fused-ring (bicyclic) bond motifs is 3. The fourth-order valence-electron chi connectivity index (χ4n) is 5.48. The minimum atomic E-state index is -4.42. The predicted octanol–water partition coefficient (Wildman–Crippen LogP) is 3.88. The summed E-state index contributed by atoms with van der Waals surface area (Å²) in [6.07, 6.45) is -2.26. The Bertz CT molecular complexity index is 1050. The fraction of sp³-hybridized carbons (Fsp3) is 0.500. The molecule has 2 fully saturated rings. The molecule has 5 rings (SSSR count). The molecule has 0 radical (unpaired) electrons. The molecule has 6 nitrogen and oxygen atoms in total. The molecule has 0 bridgehead atoms. The van der Waals surface area contributed by atoms with Gasteiger partial charge < -0.3 is 24.6 Å². The first-order valence-electron chi connectivity index (χ1n) is 12.1. The van der Waals surface area contributed by atoms with Crippen LogP contribution in [0.1, 0.15) is 24.0 Å². The predicted molar refractivity (Wildman–Crippen MR) is 127 cm³/mol. The summed E-state index contributed by atoms with van der Waals surface area (Å²) < 4.78 is 51.1. The van der Waals surface area contributed by atoms with E-state index >= 15 is 0 Å². The third-order valence-electron chi connectivity index (χ3n) is 7.34. The highest BCUT2D eigenvalue weighted by atomic mass is 19.4. The van der Waals surface area contributed by atoms with Gasteiger partial charge in [0.1, 0.15) is 5.75 Å². The van der Waals surface area contributed by atoms with Crippen LogP contribution in [-0.4, -0.2) is 57.9 Å². The van der Waals surface area contributed by atoms with Gasteiger partial charge in [-0.15, -0.1) is 0 Å². The van der Waals surface area contributed by atoms with E-state index in [2.05, 4.69) is 15.1 Å². The van der Waals surface area contributed by atoms with E-state index in [1.54, 1.807) is 13.2 Å². The summed E-state index contributed by atoms with van der Waals surface area (Å²) >= 11 is 0. The number of amides is 1. The van der Waals surface area contributed by atoms with Gasteiger partial charge in [0.15, 0.2) is 0 Å². The maximum Gasteiger partial charge on any atom is 0.416 e. The first kappa shape index (κ1) is 23.8. The standard InChI is InChI=1S/C26H30F3N3O3/c1-34-20-7-5-19(6-8-20)31-10-11-32-23-9-4-18(26(27,28)29)13-17(23)14-22(24(32)16-31)25(33)30-15-21-3-2-12-35-21/h4-9,13,21-22,24H,2-3,10-12,14-16H2,1H3,(H,30,33)/t21-,22-,24+/m0/s1. The zero-order chi connectivity index (χ0) is 24.6. The van der Waals surface area contributed by atoms with Crippen LogP contribution in [0.5, 0.6) is 5.75 Å². The van der Waals surface area contributed by atoms with Crippen LogP contribution >= 0.6 is 0 Å². The lowest BCUT2D eigenvalue weighted by molar-refractivity contribution is -0.137. The molecule has 2 aromatic rings. The summed E-state index contributed by atoms with van der Waals surface area (Å²) in [5.41, 5.74) is 1.72. The van der Waals surface area contributed by atoms with E-state index in [1.807, 2.05) is 24.3 Å². The highest BCUT2D eigenvalue weighted by Crippen LogP contribution is 2.40. The monoisotopic (exact) mass is 489 g/mol. The number of hydrogen-bond acceptors (Lipinski definition) is 5. The molecule has 3 heterocycles. The molecule has 0 saturated carbocycles. The van der Waals surface area contributed by atoms with Gasteiger partial charge in [0.2, 0.25) is 5.91 Å². The highest BCUT2D eigenvalue weighted by molar-refractivity contribution is 5.82. The van der Waals surface area contributed by atoms with Crippen molar-refractivity contribution in [2.45, 2.75) is 37.6 Å². The van der Waals surface area contributed by atoms with Crippen molar-refractivity contribution in [2.75, 3.05) is 49.7 Å². The van der Waals surface area contributed by atoms with Crippen molar-refractivity contribution < 1.29 is 27.4 Å². The third-order valence-corrected chi connectivity index (χ3v) is 7.34. The SMILES string of the molecule is COc1ccc(N2CCN3c4ccc(C(F)(F)F)cc4C[C@H](C(=O)NC[C@@H]4CCCO4)[C@H]3C2)cc1. The van der Waals surface area contributed by atoms with E-state index in [0.29, 0.717) is 38.3 Å². The average Bonchev–Trinajstić information content (AvgIpc) is 3.39. The molecule has 35 heavy (non-hydrogen) atoms.